The lowest BCUT2D eigenvalue weighted by Crippen LogP contribution is -2.12. The van der Waals surface area contributed by atoms with Gasteiger partial charge in [-0.05, 0) is 62.2 Å². The molecule has 0 radical (unpaired) electrons. The zero-order valence-electron chi connectivity index (χ0n) is 14.8. The lowest BCUT2D eigenvalue weighted by Gasteiger charge is -2.11. The number of hydrogen-bond acceptors (Lipinski definition) is 4. The van der Waals surface area contributed by atoms with Crippen LogP contribution in [0, 0.1) is 0 Å². The maximum absolute atomic E-state index is 12.1. The molecule has 5 nitrogen and oxygen atoms in total. The molecule has 132 valence electrons. The number of nitrogens with one attached hydrogen (secondary N) is 1. The highest BCUT2D eigenvalue weighted by Crippen LogP contribution is 2.28. The van der Waals surface area contributed by atoms with E-state index in [0.717, 1.165) is 5.56 Å². The van der Waals surface area contributed by atoms with Crippen LogP contribution < -0.4 is 14.8 Å². The number of carbonyl (C=O) groups is 2. The van der Waals surface area contributed by atoms with Crippen molar-refractivity contribution >= 4 is 17.4 Å². The third kappa shape index (κ3) is 5.35. The Labute approximate surface area is 148 Å². The summed E-state index contributed by atoms with van der Waals surface area (Å²) in [6.07, 6.45) is 0.950. The standard InChI is InChI=1S/C20H23NO4/c1-4-25-18-11-5-15(13-19(18)24-3)6-12-20(23)21-17-9-7-16(8-10-17)14(2)22/h5,7-11,13H,4,6,12H2,1-3H3,(H,21,23). The Bertz CT molecular complexity index is 738. The summed E-state index contributed by atoms with van der Waals surface area (Å²) in [6.45, 7) is 4.00. The molecule has 2 rings (SSSR count). The van der Waals surface area contributed by atoms with Crippen LogP contribution in [0.4, 0.5) is 5.69 Å². The minimum Gasteiger partial charge on any atom is -0.493 e. The number of rotatable bonds is 8. The zero-order chi connectivity index (χ0) is 18.2. The van der Waals surface area contributed by atoms with E-state index < -0.39 is 0 Å². The van der Waals surface area contributed by atoms with Gasteiger partial charge in [-0.1, -0.05) is 6.07 Å². The second-order valence-corrected chi connectivity index (χ2v) is 5.60. The molecule has 0 fully saturated rings. The van der Waals surface area contributed by atoms with E-state index in [0.29, 0.717) is 42.2 Å². The van der Waals surface area contributed by atoms with E-state index in [1.165, 1.54) is 6.92 Å². The zero-order valence-corrected chi connectivity index (χ0v) is 14.8. The molecule has 25 heavy (non-hydrogen) atoms. The van der Waals surface area contributed by atoms with Gasteiger partial charge in [0, 0.05) is 17.7 Å². The Hall–Kier alpha value is -2.82. The molecular weight excluding hydrogens is 318 g/mol. The maximum atomic E-state index is 12.1. The van der Waals surface area contributed by atoms with Crippen molar-refractivity contribution in [3.63, 3.8) is 0 Å². The summed E-state index contributed by atoms with van der Waals surface area (Å²) >= 11 is 0. The molecule has 0 aliphatic heterocycles. The van der Waals surface area contributed by atoms with Crippen molar-refractivity contribution in [2.45, 2.75) is 26.7 Å². The number of methoxy groups -OCH3 is 1. The summed E-state index contributed by atoms with van der Waals surface area (Å²) in [4.78, 5) is 23.3. The monoisotopic (exact) mass is 341 g/mol. The molecule has 0 bridgehead atoms. The molecule has 0 aliphatic carbocycles. The first-order valence-electron chi connectivity index (χ1n) is 8.24. The van der Waals surface area contributed by atoms with Crippen molar-refractivity contribution < 1.29 is 19.1 Å². The van der Waals surface area contributed by atoms with Gasteiger partial charge in [-0.3, -0.25) is 9.59 Å². The third-order valence-electron chi connectivity index (χ3n) is 3.74. The Kier molecular flexibility index (Phi) is 6.57. The number of amides is 1. The van der Waals surface area contributed by atoms with Crippen LogP contribution in [0.15, 0.2) is 42.5 Å². The van der Waals surface area contributed by atoms with Gasteiger partial charge >= 0.3 is 0 Å². The van der Waals surface area contributed by atoms with Gasteiger partial charge in [0.2, 0.25) is 5.91 Å². The smallest absolute Gasteiger partial charge is 0.224 e. The fraction of sp³-hybridized carbons (Fsp3) is 0.300. The average Bonchev–Trinajstić information content (AvgIpc) is 2.61. The van der Waals surface area contributed by atoms with E-state index in [2.05, 4.69) is 5.32 Å². The van der Waals surface area contributed by atoms with E-state index in [1.54, 1.807) is 31.4 Å². The first kappa shape index (κ1) is 18.5. The Morgan fingerprint density at radius 2 is 1.76 bits per heavy atom. The van der Waals surface area contributed by atoms with Gasteiger partial charge in [-0.25, -0.2) is 0 Å². The number of benzene rings is 2. The van der Waals surface area contributed by atoms with Crippen LogP contribution in [0.5, 0.6) is 11.5 Å². The highest BCUT2D eigenvalue weighted by Gasteiger charge is 2.08. The fourth-order valence-corrected chi connectivity index (χ4v) is 2.41. The Morgan fingerprint density at radius 3 is 2.36 bits per heavy atom. The first-order valence-corrected chi connectivity index (χ1v) is 8.24. The Balaban J connectivity index is 1.92. The van der Waals surface area contributed by atoms with Crippen LogP contribution in [0.2, 0.25) is 0 Å². The highest BCUT2D eigenvalue weighted by atomic mass is 16.5. The molecule has 0 saturated heterocycles. The summed E-state index contributed by atoms with van der Waals surface area (Å²) in [7, 11) is 1.60. The first-order chi connectivity index (χ1) is 12.0. The van der Waals surface area contributed by atoms with Gasteiger partial charge in [0.25, 0.3) is 0 Å². The van der Waals surface area contributed by atoms with Gasteiger partial charge in [0.15, 0.2) is 17.3 Å². The van der Waals surface area contributed by atoms with Crippen molar-refractivity contribution in [2.75, 3.05) is 19.0 Å². The van der Waals surface area contributed by atoms with Crippen molar-refractivity contribution in [1.82, 2.24) is 0 Å². The molecule has 5 heteroatoms. The average molecular weight is 341 g/mol. The minimum absolute atomic E-state index is 0.00215. The molecule has 0 spiro atoms. The van der Waals surface area contributed by atoms with Gasteiger partial charge < -0.3 is 14.8 Å². The second kappa shape index (κ2) is 8.87. The summed E-state index contributed by atoms with van der Waals surface area (Å²) in [6, 6.07) is 12.5. The summed E-state index contributed by atoms with van der Waals surface area (Å²) in [5.41, 5.74) is 2.31. The van der Waals surface area contributed by atoms with Crippen LogP contribution in [0.3, 0.4) is 0 Å². The van der Waals surface area contributed by atoms with Crippen LogP contribution in [0.1, 0.15) is 36.2 Å². The lowest BCUT2D eigenvalue weighted by atomic mass is 10.1. The summed E-state index contributed by atoms with van der Waals surface area (Å²) < 4.78 is 10.8. The molecule has 1 amide bonds. The molecule has 0 aliphatic rings. The van der Waals surface area contributed by atoms with Crippen molar-refractivity contribution in [1.29, 1.82) is 0 Å². The van der Waals surface area contributed by atoms with Crippen molar-refractivity contribution in [3.8, 4) is 11.5 Å². The van der Waals surface area contributed by atoms with Gasteiger partial charge in [-0.15, -0.1) is 0 Å². The number of aryl methyl sites for hydroxylation is 1. The predicted molar refractivity (Wildman–Crippen MR) is 97.6 cm³/mol. The van der Waals surface area contributed by atoms with Crippen LogP contribution in [-0.4, -0.2) is 25.4 Å². The normalized spacial score (nSPS) is 10.2. The number of hydrogen-bond donors (Lipinski definition) is 1. The largest absolute Gasteiger partial charge is 0.493 e. The quantitative estimate of drug-likeness (QED) is 0.740. The molecule has 0 saturated carbocycles. The van der Waals surface area contributed by atoms with Crippen LogP contribution in [0.25, 0.3) is 0 Å². The topological polar surface area (TPSA) is 64.6 Å². The van der Waals surface area contributed by atoms with E-state index in [4.69, 9.17) is 9.47 Å². The number of carbonyl (C=O) groups excluding carboxylic acids is 2. The molecular formula is C20H23NO4. The number of ketones is 1. The summed E-state index contributed by atoms with van der Waals surface area (Å²) in [5.74, 6) is 1.29. The molecule has 2 aromatic rings. The van der Waals surface area contributed by atoms with E-state index >= 15 is 0 Å². The van der Waals surface area contributed by atoms with Gasteiger partial charge in [0.1, 0.15) is 0 Å². The van der Waals surface area contributed by atoms with Crippen LogP contribution >= 0.6 is 0 Å². The highest BCUT2D eigenvalue weighted by molar-refractivity contribution is 5.95. The molecule has 0 unspecified atom stereocenters. The minimum atomic E-state index is -0.0802. The fourth-order valence-electron chi connectivity index (χ4n) is 2.41. The Morgan fingerprint density at radius 1 is 1.04 bits per heavy atom. The number of Topliss-reactive ketones (excluding diaryl/α,β-unsaturated/α-hetero) is 1. The second-order valence-electron chi connectivity index (χ2n) is 5.60. The number of ether oxygens (including phenoxy) is 2. The lowest BCUT2D eigenvalue weighted by molar-refractivity contribution is -0.116. The van der Waals surface area contributed by atoms with Gasteiger partial charge in [0.05, 0.1) is 13.7 Å². The SMILES string of the molecule is CCOc1ccc(CCC(=O)Nc2ccc(C(C)=O)cc2)cc1OC. The van der Waals surface area contributed by atoms with E-state index in [1.807, 2.05) is 25.1 Å². The molecule has 0 aromatic heterocycles. The molecule has 1 N–H and O–H groups in total. The molecule has 0 heterocycles. The summed E-state index contributed by atoms with van der Waals surface area (Å²) in [5, 5.41) is 2.83. The molecule has 2 aromatic carbocycles. The number of anilines is 1. The third-order valence-corrected chi connectivity index (χ3v) is 3.74. The predicted octanol–water partition coefficient (Wildman–Crippen LogP) is 3.87. The van der Waals surface area contributed by atoms with Gasteiger partial charge in [-0.2, -0.15) is 0 Å². The van der Waals surface area contributed by atoms with Crippen molar-refractivity contribution in [2.24, 2.45) is 0 Å². The van der Waals surface area contributed by atoms with Crippen molar-refractivity contribution in [3.05, 3.63) is 53.6 Å². The van der Waals surface area contributed by atoms with E-state index in [-0.39, 0.29) is 11.7 Å². The maximum Gasteiger partial charge on any atom is 0.224 e. The molecule has 0 atom stereocenters. The van der Waals surface area contributed by atoms with Crippen LogP contribution in [-0.2, 0) is 11.2 Å². The van der Waals surface area contributed by atoms with E-state index in [9.17, 15) is 9.59 Å².